The van der Waals surface area contributed by atoms with Gasteiger partial charge < -0.3 is 9.47 Å². The Bertz CT molecular complexity index is 645. The summed E-state index contributed by atoms with van der Waals surface area (Å²) >= 11 is 0. The van der Waals surface area contributed by atoms with E-state index < -0.39 is 12.1 Å². The Morgan fingerprint density at radius 3 is 2.31 bits per heavy atom. The van der Waals surface area contributed by atoms with E-state index in [4.69, 9.17) is 9.47 Å². The van der Waals surface area contributed by atoms with Gasteiger partial charge in [-0.2, -0.15) is 0 Å². The van der Waals surface area contributed by atoms with Crippen LogP contribution >= 0.6 is 0 Å². The molecule has 2 aliphatic rings. The van der Waals surface area contributed by atoms with E-state index in [9.17, 15) is 9.18 Å². The van der Waals surface area contributed by atoms with Gasteiger partial charge in [-0.05, 0) is 80.9 Å². The van der Waals surface area contributed by atoms with Crippen molar-refractivity contribution < 1.29 is 18.7 Å². The van der Waals surface area contributed by atoms with Crippen LogP contribution in [0.4, 0.5) is 4.39 Å². The van der Waals surface area contributed by atoms with Crippen molar-refractivity contribution >= 4 is 5.97 Å². The van der Waals surface area contributed by atoms with E-state index in [-0.39, 0.29) is 6.10 Å². The molecule has 0 amide bonds. The average molecular weight is 447 g/mol. The molecule has 0 saturated heterocycles. The summed E-state index contributed by atoms with van der Waals surface area (Å²) in [6.07, 6.45) is 14.2. The Labute approximate surface area is 194 Å². The van der Waals surface area contributed by atoms with E-state index in [0.717, 1.165) is 56.6 Å². The molecule has 1 atom stereocenters. The molecule has 0 aromatic heterocycles. The normalized spacial score (nSPS) is 22.9. The molecular formula is C28H43FO3. The molecule has 180 valence electrons. The summed E-state index contributed by atoms with van der Waals surface area (Å²) < 4.78 is 25.6. The number of hydrogen-bond donors (Lipinski definition) is 0. The smallest absolute Gasteiger partial charge is 0.340 e. The van der Waals surface area contributed by atoms with Crippen LogP contribution in [0.3, 0.4) is 0 Å². The van der Waals surface area contributed by atoms with Crippen LogP contribution in [0.2, 0.25) is 0 Å². The van der Waals surface area contributed by atoms with Crippen molar-refractivity contribution in [2.75, 3.05) is 6.61 Å². The van der Waals surface area contributed by atoms with Gasteiger partial charge in [0.1, 0.15) is 11.9 Å². The molecule has 1 aromatic carbocycles. The van der Waals surface area contributed by atoms with Gasteiger partial charge in [-0.3, -0.25) is 0 Å². The molecule has 0 heterocycles. The molecular weight excluding hydrogens is 403 g/mol. The average Bonchev–Trinajstić information content (AvgIpc) is 2.84. The van der Waals surface area contributed by atoms with Crippen molar-refractivity contribution in [1.82, 2.24) is 0 Å². The van der Waals surface area contributed by atoms with Gasteiger partial charge >= 0.3 is 5.97 Å². The van der Waals surface area contributed by atoms with E-state index >= 15 is 0 Å². The van der Waals surface area contributed by atoms with Crippen molar-refractivity contribution in [3.63, 3.8) is 0 Å². The van der Waals surface area contributed by atoms with Crippen LogP contribution in [-0.2, 0) is 9.53 Å². The standard InChI is InChI=1S/C28H43FO3/c1-2-3-4-5-9-12-27(29)28(30)32-26-17-13-22(14-18-26)21-31-25-19-15-24(16-20-25)23-10-7-6-8-11-23/h15-16,19-20,22-23,26-27H,2-14,17-18,21H2,1H3/t22?,26?,27-/m0/s1. The number of alkyl halides is 1. The third-order valence-corrected chi connectivity index (χ3v) is 7.34. The van der Waals surface area contributed by atoms with Crippen molar-refractivity contribution in [3.8, 4) is 5.75 Å². The molecule has 2 fully saturated rings. The predicted octanol–water partition coefficient (Wildman–Crippen LogP) is 7.91. The van der Waals surface area contributed by atoms with Gasteiger partial charge in [0.05, 0.1) is 6.61 Å². The Hall–Kier alpha value is -1.58. The third kappa shape index (κ3) is 8.41. The van der Waals surface area contributed by atoms with Crippen LogP contribution in [0.5, 0.6) is 5.75 Å². The number of esters is 1. The second kappa shape index (κ2) is 13.9. The number of hydrogen-bond acceptors (Lipinski definition) is 3. The number of halogens is 1. The molecule has 0 radical (unpaired) electrons. The molecule has 3 nitrogen and oxygen atoms in total. The van der Waals surface area contributed by atoms with E-state index in [0.29, 0.717) is 18.9 Å². The van der Waals surface area contributed by atoms with E-state index in [2.05, 4.69) is 31.2 Å². The maximum atomic E-state index is 14.1. The van der Waals surface area contributed by atoms with Gasteiger partial charge in [0.25, 0.3) is 0 Å². The summed E-state index contributed by atoms with van der Waals surface area (Å²) in [5, 5.41) is 0. The van der Waals surface area contributed by atoms with Gasteiger partial charge in [-0.15, -0.1) is 0 Å². The summed E-state index contributed by atoms with van der Waals surface area (Å²) in [7, 11) is 0. The lowest BCUT2D eigenvalue weighted by Crippen LogP contribution is -2.30. The quantitative estimate of drug-likeness (QED) is 0.242. The first kappa shape index (κ1) is 25.1. The highest BCUT2D eigenvalue weighted by Gasteiger charge is 2.27. The van der Waals surface area contributed by atoms with Crippen molar-refractivity contribution in [2.24, 2.45) is 5.92 Å². The lowest BCUT2D eigenvalue weighted by Gasteiger charge is -2.28. The predicted molar refractivity (Wildman–Crippen MR) is 128 cm³/mol. The fraction of sp³-hybridized carbons (Fsp3) is 0.750. The molecule has 1 aromatic rings. The Balaban J connectivity index is 1.29. The molecule has 2 aliphatic carbocycles. The fourth-order valence-corrected chi connectivity index (χ4v) is 5.19. The Kier molecular flexibility index (Phi) is 10.8. The zero-order valence-electron chi connectivity index (χ0n) is 20.0. The number of benzene rings is 1. The van der Waals surface area contributed by atoms with E-state index in [1.54, 1.807) is 0 Å². The molecule has 32 heavy (non-hydrogen) atoms. The SMILES string of the molecule is CCCCCCC[C@H](F)C(=O)OC1CCC(COc2ccc(C3CCCCC3)cc2)CC1. The monoisotopic (exact) mass is 446 g/mol. The molecule has 0 unspecified atom stereocenters. The van der Waals surface area contributed by atoms with Crippen molar-refractivity contribution in [2.45, 2.75) is 121 Å². The zero-order valence-corrected chi connectivity index (χ0v) is 20.0. The first-order valence-corrected chi connectivity index (χ1v) is 13.2. The second-order valence-electron chi connectivity index (χ2n) is 9.97. The van der Waals surface area contributed by atoms with Gasteiger partial charge in [0.2, 0.25) is 0 Å². The van der Waals surface area contributed by atoms with Gasteiger partial charge in [0.15, 0.2) is 6.17 Å². The minimum absolute atomic E-state index is 0.133. The van der Waals surface area contributed by atoms with Crippen molar-refractivity contribution in [3.05, 3.63) is 29.8 Å². The largest absolute Gasteiger partial charge is 0.493 e. The fourth-order valence-electron chi connectivity index (χ4n) is 5.19. The van der Waals surface area contributed by atoms with Gasteiger partial charge in [-0.1, -0.05) is 64.0 Å². The number of ether oxygens (including phenoxy) is 2. The highest BCUT2D eigenvalue weighted by molar-refractivity contribution is 5.74. The molecule has 4 heteroatoms. The first-order chi connectivity index (χ1) is 15.7. The molecule has 0 bridgehead atoms. The molecule has 0 aliphatic heterocycles. The van der Waals surface area contributed by atoms with Gasteiger partial charge in [-0.25, -0.2) is 9.18 Å². The van der Waals surface area contributed by atoms with Crippen LogP contribution < -0.4 is 4.74 Å². The van der Waals surface area contributed by atoms with Crippen LogP contribution in [0.15, 0.2) is 24.3 Å². The summed E-state index contributed by atoms with van der Waals surface area (Å²) in [6.45, 7) is 2.86. The van der Waals surface area contributed by atoms with Crippen LogP contribution in [0, 0.1) is 5.92 Å². The lowest BCUT2D eigenvalue weighted by atomic mass is 9.84. The van der Waals surface area contributed by atoms with Crippen LogP contribution in [-0.4, -0.2) is 24.9 Å². The summed E-state index contributed by atoms with van der Waals surface area (Å²) in [5.41, 5.74) is 1.45. The van der Waals surface area contributed by atoms with Crippen LogP contribution in [0.25, 0.3) is 0 Å². The topological polar surface area (TPSA) is 35.5 Å². The highest BCUT2D eigenvalue weighted by atomic mass is 19.1. The summed E-state index contributed by atoms with van der Waals surface area (Å²) in [5.74, 6) is 1.49. The number of carbonyl (C=O) groups is 1. The third-order valence-electron chi connectivity index (χ3n) is 7.34. The number of carbonyl (C=O) groups excluding carboxylic acids is 1. The molecule has 3 rings (SSSR count). The minimum Gasteiger partial charge on any atom is -0.493 e. The Morgan fingerprint density at radius 2 is 1.62 bits per heavy atom. The maximum Gasteiger partial charge on any atom is 0.340 e. The number of rotatable bonds is 12. The number of unbranched alkanes of at least 4 members (excludes halogenated alkanes) is 4. The summed E-state index contributed by atoms with van der Waals surface area (Å²) in [4.78, 5) is 12.0. The van der Waals surface area contributed by atoms with Gasteiger partial charge in [0, 0.05) is 0 Å². The highest BCUT2D eigenvalue weighted by Crippen LogP contribution is 2.33. The first-order valence-electron chi connectivity index (χ1n) is 13.2. The van der Waals surface area contributed by atoms with Crippen molar-refractivity contribution in [1.29, 1.82) is 0 Å². The molecule has 0 N–H and O–H groups in total. The van der Waals surface area contributed by atoms with E-state index in [1.165, 1.54) is 50.5 Å². The minimum atomic E-state index is -1.46. The van der Waals surface area contributed by atoms with E-state index in [1.807, 2.05) is 0 Å². The Morgan fingerprint density at radius 1 is 0.938 bits per heavy atom. The maximum absolute atomic E-state index is 14.1. The molecule has 0 spiro atoms. The second-order valence-corrected chi connectivity index (χ2v) is 9.97. The van der Waals surface area contributed by atoms with Crippen LogP contribution in [0.1, 0.15) is 115 Å². The molecule has 2 saturated carbocycles. The lowest BCUT2D eigenvalue weighted by molar-refractivity contribution is -0.157. The zero-order chi connectivity index (χ0) is 22.6. The summed E-state index contributed by atoms with van der Waals surface area (Å²) in [6, 6.07) is 8.69.